The number of aliphatic hydroxyl groups is 5. The molecular formula is C27H36N14O7. The number of anilines is 2. The minimum atomic E-state index is -1.43. The molecule has 48 heavy (non-hydrogen) atoms. The third kappa shape index (κ3) is 6.25. The molecule has 2 fully saturated rings. The monoisotopic (exact) mass is 668 g/mol. The van der Waals surface area contributed by atoms with E-state index in [1.807, 2.05) is 4.90 Å². The summed E-state index contributed by atoms with van der Waals surface area (Å²) in [6, 6.07) is 0. The number of hydrogen-bond acceptors (Lipinski definition) is 17. The molecule has 6 heterocycles. The standard InChI is InChI=1S/C27H36N14O7/c28-21-15-23(35-9-33-21)40(11-37-15)25-19(45)17(43)12(47-25)7-39(6-2-4-32-27(30)31)5-1-3-14-38-16-22(29)34-10-36-24(16)41(14)26-20(46)18(44)13(8-42)48-26/h9-13,17-20,25-26,42-46H,2,4-8H2,(H2,28,33,35)(H2,29,34,36)(H4,30,31,32)/t12-,13-,17-,18-,19-,20-,25-,26-/m1/s1. The second-order valence-corrected chi connectivity index (χ2v) is 11.3. The van der Waals surface area contributed by atoms with Crippen molar-refractivity contribution < 1.29 is 35.0 Å². The highest BCUT2D eigenvalue weighted by atomic mass is 16.6. The van der Waals surface area contributed by atoms with E-state index >= 15 is 0 Å². The molecule has 0 amide bonds. The summed E-state index contributed by atoms with van der Waals surface area (Å²) in [6.45, 7) is 0.469. The van der Waals surface area contributed by atoms with Crippen LogP contribution < -0.4 is 22.9 Å². The molecule has 21 nitrogen and oxygen atoms in total. The second-order valence-electron chi connectivity index (χ2n) is 11.3. The van der Waals surface area contributed by atoms with Crippen LogP contribution in [0.15, 0.2) is 24.0 Å². The number of fused-ring (bicyclic) bond motifs is 2. The Kier molecular flexibility index (Phi) is 9.49. The van der Waals surface area contributed by atoms with Gasteiger partial charge in [0.05, 0.1) is 19.5 Å². The number of imidazole rings is 2. The first-order chi connectivity index (χ1) is 23.1. The quantitative estimate of drug-likeness (QED) is 0.0332. The minimum Gasteiger partial charge on any atom is -0.394 e. The van der Waals surface area contributed by atoms with E-state index in [1.54, 1.807) is 0 Å². The Bertz CT molecular complexity index is 1850. The largest absolute Gasteiger partial charge is 0.394 e. The summed E-state index contributed by atoms with van der Waals surface area (Å²) in [4.78, 5) is 30.9. The summed E-state index contributed by atoms with van der Waals surface area (Å²) in [5.41, 5.74) is 24.0. The zero-order chi connectivity index (χ0) is 34.1. The molecule has 0 saturated carbocycles. The van der Waals surface area contributed by atoms with Crippen LogP contribution in [0.4, 0.5) is 11.6 Å². The zero-order valence-electron chi connectivity index (χ0n) is 25.4. The van der Waals surface area contributed by atoms with Crippen LogP contribution in [-0.2, 0) is 9.47 Å². The SMILES string of the molecule is NC(N)=NCCCN(CC#Cc1nc2c(N)ncnc2n1[C@@H]1O[C@H](CO)[C@@H](O)[C@H]1O)C[C@H]1O[C@@H](n2cnc3c(N)ncnc32)[C@H](O)[C@@H]1O. The molecule has 0 aliphatic carbocycles. The molecule has 0 radical (unpaired) electrons. The summed E-state index contributed by atoms with van der Waals surface area (Å²) in [7, 11) is 0. The molecule has 0 spiro atoms. The normalized spacial score (nSPS) is 27.1. The van der Waals surface area contributed by atoms with Gasteiger partial charge in [-0.15, -0.1) is 0 Å². The number of ether oxygens (including phenoxy) is 2. The van der Waals surface area contributed by atoms with Crippen LogP contribution in [0.5, 0.6) is 0 Å². The number of rotatable bonds is 10. The average Bonchev–Trinajstić information content (AvgIpc) is 3.80. The number of nitrogens with zero attached hydrogens (tertiary/aromatic N) is 10. The first-order valence-electron chi connectivity index (χ1n) is 14.9. The smallest absolute Gasteiger partial charge is 0.190 e. The van der Waals surface area contributed by atoms with Crippen molar-refractivity contribution in [3.63, 3.8) is 0 Å². The van der Waals surface area contributed by atoms with E-state index < -0.39 is 55.7 Å². The van der Waals surface area contributed by atoms with Gasteiger partial charge in [0.15, 0.2) is 52.7 Å². The lowest BCUT2D eigenvalue weighted by molar-refractivity contribution is -0.0514. The average molecular weight is 669 g/mol. The molecule has 4 aromatic heterocycles. The van der Waals surface area contributed by atoms with Gasteiger partial charge in [-0.25, -0.2) is 29.9 Å². The maximum Gasteiger partial charge on any atom is 0.190 e. The van der Waals surface area contributed by atoms with Gasteiger partial charge in [0.2, 0.25) is 0 Å². The fourth-order valence-electron chi connectivity index (χ4n) is 5.74. The second kappa shape index (κ2) is 13.7. The first-order valence-corrected chi connectivity index (χ1v) is 14.9. The molecule has 8 atom stereocenters. The van der Waals surface area contributed by atoms with Gasteiger partial charge in [0, 0.05) is 19.6 Å². The summed E-state index contributed by atoms with van der Waals surface area (Å²) in [5, 5.41) is 52.7. The van der Waals surface area contributed by atoms with Gasteiger partial charge < -0.3 is 57.9 Å². The van der Waals surface area contributed by atoms with Crippen LogP contribution in [0.1, 0.15) is 24.7 Å². The lowest BCUT2D eigenvalue weighted by atomic mass is 10.1. The molecule has 0 bridgehead atoms. The van der Waals surface area contributed by atoms with Gasteiger partial charge >= 0.3 is 0 Å². The number of hydrogen-bond donors (Lipinski definition) is 9. The maximum absolute atomic E-state index is 11.0. The highest BCUT2D eigenvalue weighted by molar-refractivity contribution is 5.83. The number of nitrogens with two attached hydrogens (primary N) is 4. The van der Waals surface area contributed by atoms with Gasteiger partial charge in [-0.1, -0.05) is 5.92 Å². The van der Waals surface area contributed by atoms with Crippen LogP contribution in [0.25, 0.3) is 22.3 Å². The van der Waals surface area contributed by atoms with Crippen molar-refractivity contribution in [3.8, 4) is 11.8 Å². The van der Waals surface area contributed by atoms with Crippen LogP contribution in [0.2, 0.25) is 0 Å². The van der Waals surface area contributed by atoms with Gasteiger partial charge in [0.1, 0.15) is 54.8 Å². The van der Waals surface area contributed by atoms with E-state index in [0.717, 1.165) is 0 Å². The highest BCUT2D eigenvalue weighted by Gasteiger charge is 2.46. The fraction of sp³-hybridized carbons (Fsp3) is 0.519. The van der Waals surface area contributed by atoms with Crippen molar-refractivity contribution in [2.75, 3.05) is 44.3 Å². The lowest BCUT2D eigenvalue weighted by Gasteiger charge is -2.24. The topological polar surface area (TPSA) is 326 Å². The fourth-order valence-corrected chi connectivity index (χ4v) is 5.74. The number of guanidine groups is 1. The van der Waals surface area contributed by atoms with Crippen molar-refractivity contribution in [3.05, 3.63) is 24.8 Å². The maximum atomic E-state index is 11.0. The van der Waals surface area contributed by atoms with E-state index in [9.17, 15) is 25.5 Å². The van der Waals surface area contributed by atoms with E-state index in [-0.39, 0.29) is 47.7 Å². The molecule has 4 aromatic rings. The Hall–Kier alpha value is -4.79. The van der Waals surface area contributed by atoms with E-state index in [4.69, 9.17) is 32.4 Å². The molecule has 13 N–H and O–H groups in total. The summed E-state index contributed by atoms with van der Waals surface area (Å²) in [6.07, 6.45) is -5.09. The van der Waals surface area contributed by atoms with Crippen LogP contribution in [0, 0.1) is 11.8 Å². The molecule has 0 unspecified atom stereocenters. The molecule has 256 valence electrons. The van der Waals surface area contributed by atoms with Crippen molar-refractivity contribution >= 4 is 39.9 Å². The zero-order valence-corrected chi connectivity index (χ0v) is 25.4. The predicted octanol–water partition coefficient (Wildman–Crippen LogP) is -4.62. The van der Waals surface area contributed by atoms with Crippen LogP contribution >= 0.6 is 0 Å². The summed E-state index contributed by atoms with van der Waals surface area (Å²) >= 11 is 0. The molecule has 6 rings (SSSR count). The Morgan fingerprint density at radius 1 is 0.875 bits per heavy atom. The van der Waals surface area contributed by atoms with Crippen molar-refractivity contribution in [1.82, 2.24) is 43.9 Å². The van der Waals surface area contributed by atoms with Gasteiger partial charge in [-0.2, -0.15) is 0 Å². The number of nitrogen functional groups attached to an aromatic ring is 2. The summed E-state index contributed by atoms with van der Waals surface area (Å²) < 4.78 is 14.7. The van der Waals surface area contributed by atoms with Gasteiger partial charge in [-0.05, 0) is 12.3 Å². The summed E-state index contributed by atoms with van der Waals surface area (Å²) in [5.74, 6) is 6.28. The molecule has 0 aromatic carbocycles. The van der Waals surface area contributed by atoms with Crippen LogP contribution in [-0.4, -0.2) is 145 Å². The third-order valence-electron chi connectivity index (χ3n) is 8.14. The molecule has 2 aliphatic heterocycles. The van der Waals surface area contributed by atoms with Crippen molar-refractivity contribution in [2.45, 2.75) is 55.5 Å². The Morgan fingerprint density at radius 2 is 1.54 bits per heavy atom. The third-order valence-corrected chi connectivity index (χ3v) is 8.14. The van der Waals surface area contributed by atoms with Gasteiger partial charge in [0.25, 0.3) is 0 Å². The van der Waals surface area contributed by atoms with E-state index in [0.29, 0.717) is 30.7 Å². The highest BCUT2D eigenvalue weighted by Crippen LogP contribution is 2.34. The van der Waals surface area contributed by atoms with Crippen LogP contribution in [0.3, 0.4) is 0 Å². The number of aromatic nitrogens is 8. The molecule has 21 heteroatoms. The van der Waals surface area contributed by atoms with Crippen molar-refractivity contribution in [2.24, 2.45) is 16.5 Å². The Labute approximate surface area is 271 Å². The Morgan fingerprint density at radius 3 is 2.25 bits per heavy atom. The number of aliphatic imine (C=N–C) groups is 1. The van der Waals surface area contributed by atoms with Crippen molar-refractivity contribution in [1.29, 1.82) is 0 Å². The minimum absolute atomic E-state index is 0.0509. The molecular weight excluding hydrogens is 632 g/mol. The van der Waals surface area contributed by atoms with E-state index in [1.165, 1.54) is 28.1 Å². The predicted molar refractivity (Wildman–Crippen MR) is 167 cm³/mol. The Balaban J connectivity index is 1.25. The number of aliphatic hydroxyl groups excluding tert-OH is 5. The molecule has 2 aliphatic rings. The van der Waals surface area contributed by atoms with E-state index in [2.05, 4.69) is 46.7 Å². The molecule has 2 saturated heterocycles. The lowest BCUT2D eigenvalue weighted by Crippen LogP contribution is -2.40. The van der Waals surface area contributed by atoms with Gasteiger partial charge in [-0.3, -0.25) is 19.0 Å². The first kappa shape index (κ1) is 33.1.